The molecule has 0 unspecified atom stereocenters. The van der Waals surface area contributed by atoms with Crippen molar-refractivity contribution in [2.24, 2.45) is 0 Å². The third-order valence-electron chi connectivity index (χ3n) is 4.66. The predicted octanol–water partition coefficient (Wildman–Crippen LogP) is 2.41. The van der Waals surface area contributed by atoms with Gasteiger partial charge in [-0.1, -0.05) is 24.3 Å². The fourth-order valence-electron chi connectivity index (χ4n) is 3.22. The van der Waals surface area contributed by atoms with Gasteiger partial charge in [0.1, 0.15) is 6.54 Å². The van der Waals surface area contributed by atoms with Crippen molar-refractivity contribution in [2.75, 3.05) is 16.8 Å². The molecule has 142 valence electrons. The van der Waals surface area contributed by atoms with Crippen LogP contribution < -0.4 is 10.2 Å². The number of amides is 2. The summed E-state index contributed by atoms with van der Waals surface area (Å²) in [7, 11) is 0. The lowest BCUT2D eigenvalue weighted by atomic mass is 10.1. The fraction of sp³-hybridized carbons (Fsp3) is 0.250. The molecule has 0 atom stereocenters. The van der Waals surface area contributed by atoms with Gasteiger partial charge in [-0.15, -0.1) is 10.2 Å². The molecule has 8 heteroatoms. The SMILES string of the molecule is Cc1ccccc1-c1nnn(CC(=O)Nc2ccc(N3CCCC3=O)cc2)n1. The molecule has 4 rings (SSSR count). The molecule has 0 bridgehead atoms. The third-order valence-corrected chi connectivity index (χ3v) is 4.66. The minimum Gasteiger partial charge on any atom is -0.324 e. The molecule has 1 N–H and O–H groups in total. The molecular weight excluding hydrogens is 356 g/mol. The Hall–Kier alpha value is -3.55. The van der Waals surface area contributed by atoms with Crippen molar-refractivity contribution in [3.63, 3.8) is 0 Å². The number of anilines is 2. The molecule has 28 heavy (non-hydrogen) atoms. The van der Waals surface area contributed by atoms with Crippen LogP contribution in [-0.2, 0) is 16.1 Å². The smallest absolute Gasteiger partial charge is 0.248 e. The van der Waals surface area contributed by atoms with Crippen LogP contribution in [0.1, 0.15) is 18.4 Å². The number of hydrogen-bond donors (Lipinski definition) is 1. The van der Waals surface area contributed by atoms with Crippen molar-refractivity contribution in [3.05, 3.63) is 54.1 Å². The van der Waals surface area contributed by atoms with Crippen LogP contribution in [-0.4, -0.2) is 38.6 Å². The number of aromatic nitrogens is 4. The lowest BCUT2D eigenvalue weighted by Gasteiger charge is -2.16. The molecule has 2 heterocycles. The number of benzene rings is 2. The number of carbonyl (C=O) groups is 2. The fourth-order valence-corrected chi connectivity index (χ4v) is 3.22. The molecule has 2 amide bonds. The maximum atomic E-state index is 12.3. The Morgan fingerprint density at radius 3 is 2.64 bits per heavy atom. The first-order valence-electron chi connectivity index (χ1n) is 9.14. The van der Waals surface area contributed by atoms with Crippen LogP contribution in [0.2, 0.25) is 0 Å². The van der Waals surface area contributed by atoms with Gasteiger partial charge in [0.05, 0.1) is 0 Å². The van der Waals surface area contributed by atoms with Gasteiger partial charge >= 0.3 is 0 Å². The van der Waals surface area contributed by atoms with E-state index in [4.69, 9.17) is 0 Å². The second-order valence-corrected chi connectivity index (χ2v) is 6.70. The van der Waals surface area contributed by atoms with Crippen molar-refractivity contribution < 1.29 is 9.59 Å². The van der Waals surface area contributed by atoms with Gasteiger partial charge in [-0.2, -0.15) is 4.80 Å². The molecule has 3 aromatic rings. The van der Waals surface area contributed by atoms with Crippen molar-refractivity contribution in [1.29, 1.82) is 0 Å². The third kappa shape index (κ3) is 3.75. The van der Waals surface area contributed by atoms with Gasteiger partial charge in [0.15, 0.2) is 0 Å². The molecule has 1 aromatic heterocycles. The Balaban J connectivity index is 1.38. The Labute approximate surface area is 162 Å². The van der Waals surface area contributed by atoms with Crippen molar-refractivity contribution >= 4 is 23.2 Å². The number of hydrogen-bond acceptors (Lipinski definition) is 5. The lowest BCUT2D eigenvalue weighted by Crippen LogP contribution is -2.23. The molecule has 1 aliphatic heterocycles. The van der Waals surface area contributed by atoms with Gasteiger partial charge in [-0.3, -0.25) is 9.59 Å². The maximum Gasteiger partial charge on any atom is 0.248 e. The van der Waals surface area contributed by atoms with E-state index in [1.165, 1.54) is 4.80 Å². The maximum absolute atomic E-state index is 12.3. The molecule has 0 aliphatic carbocycles. The average Bonchev–Trinajstić information content (AvgIpc) is 3.32. The summed E-state index contributed by atoms with van der Waals surface area (Å²) < 4.78 is 0. The van der Waals surface area contributed by atoms with E-state index >= 15 is 0 Å². The average molecular weight is 376 g/mol. The van der Waals surface area contributed by atoms with Gasteiger partial charge in [-0.05, 0) is 48.4 Å². The van der Waals surface area contributed by atoms with Crippen molar-refractivity contribution in [3.8, 4) is 11.4 Å². The van der Waals surface area contributed by atoms with E-state index < -0.39 is 0 Å². The highest BCUT2D eigenvalue weighted by molar-refractivity contribution is 5.96. The summed E-state index contributed by atoms with van der Waals surface area (Å²) >= 11 is 0. The highest BCUT2D eigenvalue weighted by Crippen LogP contribution is 2.23. The van der Waals surface area contributed by atoms with E-state index in [0.29, 0.717) is 17.9 Å². The Morgan fingerprint density at radius 1 is 1.14 bits per heavy atom. The van der Waals surface area contributed by atoms with Crippen molar-refractivity contribution in [2.45, 2.75) is 26.3 Å². The van der Waals surface area contributed by atoms with Crippen LogP contribution in [0, 0.1) is 6.92 Å². The monoisotopic (exact) mass is 376 g/mol. The van der Waals surface area contributed by atoms with Crippen LogP contribution >= 0.6 is 0 Å². The molecule has 0 radical (unpaired) electrons. The Kier molecular flexibility index (Phi) is 4.84. The van der Waals surface area contributed by atoms with E-state index in [1.54, 1.807) is 17.0 Å². The highest BCUT2D eigenvalue weighted by atomic mass is 16.2. The zero-order valence-corrected chi connectivity index (χ0v) is 15.5. The van der Waals surface area contributed by atoms with E-state index in [9.17, 15) is 9.59 Å². The summed E-state index contributed by atoms with van der Waals surface area (Å²) in [5, 5.41) is 15.1. The highest BCUT2D eigenvalue weighted by Gasteiger charge is 2.21. The lowest BCUT2D eigenvalue weighted by molar-refractivity contribution is -0.117. The zero-order valence-electron chi connectivity index (χ0n) is 15.5. The summed E-state index contributed by atoms with van der Waals surface area (Å²) in [4.78, 5) is 27.1. The molecule has 8 nitrogen and oxygen atoms in total. The van der Waals surface area contributed by atoms with Gasteiger partial charge < -0.3 is 10.2 Å². The largest absolute Gasteiger partial charge is 0.324 e. The Morgan fingerprint density at radius 2 is 1.93 bits per heavy atom. The van der Waals surface area contributed by atoms with Crippen LogP contribution in [0.25, 0.3) is 11.4 Å². The minimum absolute atomic E-state index is 0.0365. The van der Waals surface area contributed by atoms with Crippen LogP contribution in [0.15, 0.2) is 48.5 Å². The normalized spacial score (nSPS) is 13.8. The molecule has 1 fully saturated rings. The number of nitrogens with zero attached hydrogens (tertiary/aromatic N) is 5. The first-order valence-corrected chi connectivity index (χ1v) is 9.14. The minimum atomic E-state index is -0.251. The number of rotatable bonds is 5. The summed E-state index contributed by atoms with van der Waals surface area (Å²) in [6, 6.07) is 15.0. The first kappa shape index (κ1) is 17.8. The van der Waals surface area contributed by atoms with E-state index in [0.717, 1.165) is 29.8 Å². The van der Waals surface area contributed by atoms with Gasteiger partial charge in [0, 0.05) is 29.9 Å². The molecular formula is C20H20N6O2. The predicted molar refractivity (Wildman–Crippen MR) is 105 cm³/mol. The van der Waals surface area contributed by atoms with Gasteiger partial charge in [0.25, 0.3) is 0 Å². The van der Waals surface area contributed by atoms with E-state index in [2.05, 4.69) is 20.7 Å². The zero-order chi connectivity index (χ0) is 19.5. The number of nitrogens with one attached hydrogen (secondary N) is 1. The summed E-state index contributed by atoms with van der Waals surface area (Å²) in [6.07, 6.45) is 1.47. The van der Waals surface area contributed by atoms with Gasteiger partial charge in [-0.25, -0.2) is 0 Å². The number of tetrazole rings is 1. The second-order valence-electron chi connectivity index (χ2n) is 6.70. The summed E-state index contributed by atoms with van der Waals surface area (Å²) in [5.41, 5.74) is 3.44. The summed E-state index contributed by atoms with van der Waals surface area (Å²) in [6.45, 7) is 2.68. The quantitative estimate of drug-likeness (QED) is 0.738. The molecule has 0 saturated carbocycles. The Bertz CT molecular complexity index is 1010. The van der Waals surface area contributed by atoms with E-state index in [-0.39, 0.29) is 18.4 Å². The molecule has 1 aliphatic rings. The van der Waals surface area contributed by atoms with Crippen LogP contribution in [0.5, 0.6) is 0 Å². The van der Waals surface area contributed by atoms with Crippen LogP contribution in [0.4, 0.5) is 11.4 Å². The molecule has 0 spiro atoms. The standard InChI is InChI=1S/C20H20N6O2/c1-14-5-2-3-6-17(14)20-22-24-26(23-20)13-18(27)21-15-8-10-16(11-9-15)25-12-4-7-19(25)28/h2-3,5-6,8-11H,4,7,12-13H2,1H3,(H,21,27). The molecule has 2 aromatic carbocycles. The molecule has 1 saturated heterocycles. The van der Waals surface area contributed by atoms with E-state index in [1.807, 2.05) is 43.3 Å². The first-order chi connectivity index (χ1) is 13.6. The van der Waals surface area contributed by atoms with Gasteiger partial charge in [0.2, 0.25) is 17.6 Å². The van der Waals surface area contributed by atoms with Crippen molar-refractivity contribution in [1.82, 2.24) is 20.2 Å². The second kappa shape index (κ2) is 7.59. The number of carbonyl (C=O) groups excluding carboxylic acids is 2. The van der Waals surface area contributed by atoms with Crippen LogP contribution in [0.3, 0.4) is 0 Å². The topological polar surface area (TPSA) is 93.0 Å². The summed E-state index contributed by atoms with van der Waals surface area (Å²) in [5.74, 6) is 0.378. The number of aryl methyl sites for hydroxylation is 1.